The highest BCUT2D eigenvalue weighted by Gasteiger charge is 2.38. The van der Waals surface area contributed by atoms with Crippen LogP contribution in [0.4, 0.5) is 9.59 Å². The number of benzene rings is 1. The summed E-state index contributed by atoms with van der Waals surface area (Å²) in [5, 5.41) is 8.66. The van der Waals surface area contributed by atoms with Crippen LogP contribution in [0.2, 0.25) is 0 Å². The molecule has 4 amide bonds. The maximum atomic E-state index is 14.4. The number of hydrogen-bond donors (Lipinski definition) is 3. The van der Waals surface area contributed by atoms with Crippen molar-refractivity contribution in [3.8, 4) is 0 Å². The van der Waals surface area contributed by atoms with E-state index in [-0.39, 0.29) is 60.2 Å². The highest BCUT2D eigenvalue weighted by Crippen LogP contribution is 2.30. The monoisotopic (exact) mass is 859 g/mol. The number of unbranched alkanes of at least 4 members (excludes halogenated alkanes) is 1. The number of alkyl carbamates (subject to hydrolysis) is 2. The van der Waals surface area contributed by atoms with Crippen LogP contribution in [0.1, 0.15) is 125 Å². The van der Waals surface area contributed by atoms with Crippen LogP contribution in [0.25, 0.3) is 0 Å². The van der Waals surface area contributed by atoms with Gasteiger partial charge in [0.15, 0.2) is 17.3 Å². The number of nitrogens with one attached hydrogen (secondary N) is 3. The van der Waals surface area contributed by atoms with E-state index in [0.717, 1.165) is 18.4 Å². The van der Waals surface area contributed by atoms with E-state index < -0.39 is 30.1 Å². The minimum atomic E-state index is -0.650. The highest BCUT2D eigenvalue weighted by atomic mass is 16.6. The first-order chi connectivity index (χ1) is 29.5. The number of nitrogens with zero attached hydrogens (tertiary/aromatic N) is 1. The zero-order chi connectivity index (χ0) is 45.3. The van der Waals surface area contributed by atoms with Crippen molar-refractivity contribution in [2.75, 3.05) is 26.3 Å². The second-order valence-corrected chi connectivity index (χ2v) is 18.0. The summed E-state index contributed by atoms with van der Waals surface area (Å²) >= 11 is 0. The van der Waals surface area contributed by atoms with Crippen molar-refractivity contribution in [2.45, 2.75) is 144 Å². The number of likely N-dealkylation sites (tertiary alicyclic amines) is 1. The molecule has 1 aromatic rings. The molecular weight excluding hydrogens is 789 g/mol. The van der Waals surface area contributed by atoms with Crippen LogP contribution in [-0.2, 0) is 39.9 Å². The molecule has 13 heteroatoms. The number of ketones is 3. The summed E-state index contributed by atoms with van der Waals surface area (Å²) in [7, 11) is 0. The van der Waals surface area contributed by atoms with E-state index in [4.69, 9.17) is 9.47 Å². The molecule has 1 aromatic carbocycles. The number of amides is 4. The number of carbonyl (C=O) groups excluding carboxylic acids is 7. The van der Waals surface area contributed by atoms with Gasteiger partial charge in [-0.05, 0) is 116 Å². The van der Waals surface area contributed by atoms with Gasteiger partial charge in [0, 0.05) is 53.8 Å². The van der Waals surface area contributed by atoms with Gasteiger partial charge < -0.3 is 30.3 Å². The average Bonchev–Trinajstić information content (AvgIpc) is 3.94. The first-order valence-corrected chi connectivity index (χ1v) is 22.7. The molecule has 2 fully saturated rings. The Kier molecular flexibility index (Phi) is 19.6. The van der Waals surface area contributed by atoms with Gasteiger partial charge in [-0.25, -0.2) is 9.59 Å². The fraction of sp³-hybridized carbons (Fsp3) is 0.612. The highest BCUT2D eigenvalue weighted by molar-refractivity contribution is 6.24. The minimum Gasteiger partial charge on any atom is -0.450 e. The predicted octanol–water partition coefficient (Wildman–Crippen LogP) is 7.52. The summed E-state index contributed by atoms with van der Waals surface area (Å²) in [6, 6.07) is 8.63. The predicted molar refractivity (Wildman–Crippen MR) is 238 cm³/mol. The van der Waals surface area contributed by atoms with E-state index in [1.54, 1.807) is 25.7 Å². The Bertz CT molecular complexity index is 1850. The molecule has 1 saturated carbocycles. The van der Waals surface area contributed by atoms with Crippen LogP contribution in [0, 0.1) is 23.7 Å². The van der Waals surface area contributed by atoms with Gasteiger partial charge in [-0.3, -0.25) is 24.0 Å². The van der Waals surface area contributed by atoms with Gasteiger partial charge in [0.1, 0.15) is 0 Å². The molecule has 3 aliphatic rings. The third kappa shape index (κ3) is 15.7. The molecule has 1 aliphatic heterocycles. The van der Waals surface area contributed by atoms with Gasteiger partial charge >= 0.3 is 12.2 Å². The third-order valence-electron chi connectivity index (χ3n) is 11.9. The van der Waals surface area contributed by atoms with Gasteiger partial charge in [-0.15, -0.1) is 0 Å². The summed E-state index contributed by atoms with van der Waals surface area (Å²) in [5.74, 6) is -1.25. The third-order valence-corrected chi connectivity index (χ3v) is 11.9. The Labute approximate surface area is 368 Å². The zero-order valence-corrected chi connectivity index (χ0v) is 38.0. The van der Waals surface area contributed by atoms with Gasteiger partial charge in [0.25, 0.3) is 0 Å². The van der Waals surface area contributed by atoms with Crippen molar-refractivity contribution < 1.29 is 43.0 Å². The zero-order valence-electron chi connectivity index (χ0n) is 38.0. The molecule has 4 atom stereocenters. The van der Waals surface area contributed by atoms with Gasteiger partial charge in [0.2, 0.25) is 11.8 Å². The van der Waals surface area contributed by atoms with Gasteiger partial charge in [0.05, 0.1) is 31.2 Å². The largest absolute Gasteiger partial charge is 0.450 e. The second kappa shape index (κ2) is 24.5. The molecule has 340 valence electrons. The van der Waals surface area contributed by atoms with Crippen LogP contribution in [0.3, 0.4) is 0 Å². The lowest BCUT2D eigenvalue weighted by atomic mass is 9.84. The Morgan fingerprint density at radius 2 is 1.53 bits per heavy atom. The molecule has 0 radical (unpaired) electrons. The molecule has 0 unspecified atom stereocenters. The summed E-state index contributed by atoms with van der Waals surface area (Å²) < 4.78 is 10.7. The molecule has 3 N–H and O–H groups in total. The van der Waals surface area contributed by atoms with E-state index >= 15 is 0 Å². The lowest BCUT2D eigenvalue weighted by Gasteiger charge is -2.29. The topological polar surface area (TPSA) is 177 Å². The SMILES string of the molecule is CC1=C(C)C(=O)C(CCCOC(=O)NCCCC[C@H](CC(=O)[C@@H]2CCCN2C(=O)[C@H](/C=C/[C@H](CC(C)C)NC(=O)OCC2CC2)Cc2ccccc2)C(=O)NC(C)C)=C(C)C1=O. The van der Waals surface area contributed by atoms with Crippen LogP contribution in [0.15, 0.2) is 64.8 Å². The molecular formula is C49H70N4O9. The van der Waals surface area contributed by atoms with Crippen molar-refractivity contribution in [3.05, 3.63) is 70.3 Å². The number of carbonyl (C=O) groups is 7. The molecule has 62 heavy (non-hydrogen) atoms. The molecule has 4 rings (SSSR count). The average molecular weight is 859 g/mol. The van der Waals surface area contributed by atoms with E-state index in [9.17, 15) is 33.6 Å². The van der Waals surface area contributed by atoms with Crippen molar-refractivity contribution in [1.29, 1.82) is 0 Å². The number of ether oxygens (including phenoxy) is 2. The van der Waals surface area contributed by atoms with Crippen molar-refractivity contribution in [2.24, 2.45) is 23.7 Å². The number of allylic oxidation sites excluding steroid dienone is 4. The Balaban J connectivity index is 1.32. The van der Waals surface area contributed by atoms with E-state index in [2.05, 4.69) is 29.8 Å². The summed E-state index contributed by atoms with van der Waals surface area (Å²) in [5.41, 5.74) is 2.81. The van der Waals surface area contributed by atoms with E-state index in [1.807, 2.05) is 56.3 Å². The Morgan fingerprint density at radius 3 is 2.21 bits per heavy atom. The smallest absolute Gasteiger partial charge is 0.407 e. The van der Waals surface area contributed by atoms with Crippen molar-refractivity contribution >= 4 is 41.4 Å². The number of rotatable bonds is 24. The maximum absolute atomic E-state index is 14.4. The fourth-order valence-electron chi connectivity index (χ4n) is 8.05. The number of Topliss-reactive ketones (excluding diaryl/α,β-unsaturated/α-hetero) is 3. The maximum Gasteiger partial charge on any atom is 0.407 e. The fourth-order valence-corrected chi connectivity index (χ4v) is 8.05. The molecule has 2 aliphatic carbocycles. The van der Waals surface area contributed by atoms with Crippen LogP contribution >= 0.6 is 0 Å². The van der Waals surface area contributed by atoms with Crippen LogP contribution in [-0.4, -0.2) is 90.7 Å². The normalized spacial score (nSPS) is 18.3. The lowest BCUT2D eigenvalue weighted by Crippen LogP contribution is -2.45. The second-order valence-electron chi connectivity index (χ2n) is 18.0. The van der Waals surface area contributed by atoms with Gasteiger partial charge in [-0.1, -0.05) is 62.8 Å². The summed E-state index contributed by atoms with van der Waals surface area (Å²) in [6.07, 6.45) is 9.39. The van der Waals surface area contributed by atoms with Crippen LogP contribution < -0.4 is 16.0 Å². The molecule has 0 spiro atoms. The Hall–Kier alpha value is -5.07. The summed E-state index contributed by atoms with van der Waals surface area (Å²) in [4.78, 5) is 93.8. The molecule has 13 nitrogen and oxygen atoms in total. The first-order valence-electron chi connectivity index (χ1n) is 22.7. The molecule has 1 saturated heterocycles. The van der Waals surface area contributed by atoms with E-state index in [0.29, 0.717) is 106 Å². The molecule has 1 heterocycles. The van der Waals surface area contributed by atoms with Crippen molar-refractivity contribution in [1.82, 2.24) is 20.9 Å². The molecule has 0 bridgehead atoms. The van der Waals surface area contributed by atoms with E-state index in [1.165, 1.54) is 0 Å². The Morgan fingerprint density at radius 1 is 0.823 bits per heavy atom. The lowest BCUT2D eigenvalue weighted by molar-refractivity contribution is -0.140. The number of hydrogen-bond acceptors (Lipinski definition) is 9. The standard InChI is InChI=1S/C49H70N4O9/c1-31(2)27-40(52-49(60)62-30-37-20-21-37)23-22-39(28-36-15-9-8-10-16-36)47(58)53-25-13-19-42(53)43(54)29-38(46(57)51-32(3)4)17-11-12-24-50-48(59)61-26-14-18-41-35(7)44(55)33(5)34(6)45(41)56/h8-10,15-16,22-23,31-32,37-40,42H,11-14,17-21,24-30H2,1-7H3,(H,50,59)(H,51,57)(H,52,60)/b23-22+/t38-,39-,40-,42+/m1/s1. The summed E-state index contributed by atoms with van der Waals surface area (Å²) in [6.45, 7) is 14.1. The van der Waals surface area contributed by atoms with Crippen LogP contribution in [0.5, 0.6) is 0 Å². The quantitative estimate of drug-likeness (QED) is 0.0539. The van der Waals surface area contributed by atoms with Gasteiger partial charge in [-0.2, -0.15) is 0 Å². The first kappa shape index (κ1) is 49.6. The van der Waals surface area contributed by atoms with Crippen molar-refractivity contribution in [3.63, 3.8) is 0 Å². The minimum absolute atomic E-state index is 0.0100. The molecule has 0 aromatic heterocycles.